The molecule has 0 spiro atoms. The van der Waals surface area contributed by atoms with Crippen LogP contribution in [0.25, 0.3) is 75.1 Å². The van der Waals surface area contributed by atoms with Gasteiger partial charge in [-0.2, -0.15) is 0 Å². The van der Waals surface area contributed by atoms with E-state index in [9.17, 15) is 0 Å². The van der Waals surface area contributed by atoms with Gasteiger partial charge in [-0.25, -0.2) is 0 Å². The second-order valence-corrected chi connectivity index (χ2v) is 20.7. The molecule has 0 saturated heterocycles. The summed E-state index contributed by atoms with van der Waals surface area (Å²) in [6, 6.07) is 69.9. The highest BCUT2D eigenvalue weighted by molar-refractivity contribution is 7.26. The number of thiophene rings is 1. The van der Waals surface area contributed by atoms with Crippen molar-refractivity contribution in [1.29, 1.82) is 0 Å². The van der Waals surface area contributed by atoms with Gasteiger partial charge in [0.05, 0.1) is 0 Å². The highest BCUT2D eigenvalue weighted by atomic mass is 32.1. The summed E-state index contributed by atoms with van der Waals surface area (Å²) in [4.78, 5) is 2.40. The molecule has 1 aliphatic rings. The van der Waals surface area contributed by atoms with Crippen LogP contribution in [0.3, 0.4) is 0 Å². The van der Waals surface area contributed by atoms with Crippen molar-refractivity contribution in [2.24, 2.45) is 0 Å². The maximum atomic E-state index is 2.53. The number of nitrogens with zero attached hydrogens (tertiary/aromatic N) is 1. The van der Waals surface area contributed by atoms with E-state index < -0.39 is 8.07 Å². The van der Waals surface area contributed by atoms with Gasteiger partial charge in [0.1, 0.15) is 8.07 Å². The zero-order valence-electron chi connectivity index (χ0n) is 30.8. The van der Waals surface area contributed by atoms with E-state index in [0.717, 1.165) is 17.1 Å². The first-order chi connectivity index (χ1) is 27.0. The molecule has 2 heterocycles. The SMILES string of the molecule is C[Si]1(C)c2ccccc2-c2ccc(-c3cc4ccccc4c4sc5ccc(N(c6ccccc6)c6ccc(-c7ccc8ccccc8c7)cc6)cc5c34)cc21. The first kappa shape index (κ1) is 32.2. The summed E-state index contributed by atoms with van der Waals surface area (Å²) in [7, 11) is -1.85. The van der Waals surface area contributed by atoms with Gasteiger partial charge in [0.25, 0.3) is 0 Å². The number of para-hydroxylation sites is 1. The summed E-state index contributed by atoms with van der Waals surface area (Å²) in [5.41, 5.74) is 11.3. The second kappa shape index (κ2) is 12.4. The summed E-state index contributed by atoms with van der Waals surface area (Å²) in [5.74, 6) is 0. The minimum atomic E-state index is -1.85. The van der Waals surface area contributed by atoms with Crippen molar-refractivity contribution < 1.29 is 0 Å². The quantitative estimate of drug-likeness (QED) is 0.159. The fourth-order valence-electron chi connectivity index (χ4n) is 9.03. The maximum absolute atomic E-state index is 2.53. The lowest BCUT2D eigenvalue weighted by Crippen LogP contribution is -2.49. The van der Waals surface area contributed by atoms with Gasteiger partial charge in [0.15, 0.2) is 0 Å². The minimum absolute atomic E-state index is 1.13. The molecule has 0 atom stereocenters. The van der Waals surface area contributed by atoms with E-state index in [2.05, 4.69) is 206 Å². The monoisotopic (exact) mass is 735 g/mol. The lowest BCUT2D eigenvalue weighted by molar-refractivity contribution is 1.29. The molecule has 1 aliphatic heterocycles. The van der Waals surface area contributed by atoms with Crippen molar-refractivity contribution in [2.45, 2.75) is 13.1 Å². The van der Waals surface area contributed by atoms with Crippen LogP contribution in [0.4, 0.5) is 17.1 Å². The van der Waals surface area contributed by atoms with Gasteiger partial charge in [0, 0.05) is 37.2 Å². The van der Waals surface area contributed by atoms with Crippen LogP contribution in [0.2, 0.25) is 13.1 Å². The van der Waals surface area contributed by atoms with Gasteiger partial charge in [-0.1, -0.05) is 147 Å². The summed E-state index contributed by atoms with van der Waals surface area (Å²) in [6.07, 6.45) is 0. The normalized spacial score (nSPS) is 13.1. The number of anilines is 3. The van der Waals surface area contributed by atoms with E-state index in [4.69, 9.17) is 0 Å². The van der Waals surface area contributed by atoms with Crippen LogP contribution < -0.4 is 15.3 Å². The van der Waals surface area contributed by atoms with Gasteiger partial charge < -0.3 is 4.90 Å². The standard InChI is InChI=1S/C52H37NSSi/c1-55(2)49-19-11-10-18-44(49)45-28-24-39(32-50(45)55)46-31-38-14-8-9-17-43(38)52-51(46)47-33-42(27-29-48(47)54-52)53(40-15-4-3-5-16-40)41-25-22-35(23-26-41)37-21-20-34-12-6-7-13-36(34)30-37/h3-33H,1-2H3. The third-order valence-electron chi connectivity index (χ3n) is 11.8. The predicted molar refractivity (Wildman–Crippen MR) is 242 cm³/mol. The van der Waals surface area contributed by atoms with Gasteiger partial charge >= 0.3 is 0 Å². The van der Waals surface area contributed by atoms with Crippen LogP contribution in [0, 0.1) is 0 Å². The van der Waals surface area contributed by atoms with Crippen LogP contribution in [0.1, 0.15) is 0 Å². The van der Waals surface area contributed by atoms with Crippen molar-refractivity contribution in [3.8, 4) is 33.4 Å². The van der Waals surface area contributed by atoms with Gasteiger partial charge in [-0.05, 0) is 120 Å². The van der Waals surface area contributed by atoms with E-state index in [-0.39, 0.29) is 0 Å². The van der Waals surface area contributed by atoms with E-state index >= 15 is 0 Å². The van der Waals surface area contributed by atoms with Crippen LogP contribution >= 0.6 is 11.3 Å². The van der Waals surface area contributed by atoms with Crippen LogP contribution in [0.15, 0.2) is 188 Å². The number of hydrogen-bond acceptors (Lipinski definition) is 2. The lowest BCUT2D eigenvalue weighted by Gasteiger charge is -2.26. The summed E-state index contributed by atoms with van der Waals surface area (Å²) < 4.78 is 2.66. The summed E-state index contributed by atoms with van der Waals surface area (Å²) in [6.45, 7) is 5.02. The smallest absolute Gasteiger partial charge is 0.113 e. The van der Waals surface area contributed by atoms with Crippen molar-refractivity contribution in [3.63, 3.8) is 0 Å². The van der Waals surface area contributed by atoms with Crippen molar-refractivity contribution in [3.05, 3.63) is 188 Å². The Morgan fingerprint density at radius 2 is 1.05 bits per heavy atom. The number of benzene rings is 9. The molecule has 55 heavy (non-hydrogen) atoms. The Morgan fingerprint density at radius 3 is 1.91 bits per heavy atom. The second-order valence-electron chi connectivity index (χ2n) is 15.3. The van der Waals surface area contributed by atoms with Crippen molar-refractivity contribution in [2.75, 3.05) is 4.90 Å². The van der Waals surface area contributed by atoms with E-state index in [1.54, 1.807) is 5.19 Å². The van der Waals surface area contributed by atoms with Gasteiger partial charge in [-0.3, -0.25) is 0 Å². The minimum Gasteiger partial charge on any atom is -0.310 e. The molecule has 0 bridgehead atoms. The Kier molecular flexibility index (Phi) is 7.25. The molecule has 260 valence electrons. The molecule has 3 heteroatoms. The first-order valence-corrected chi connectivity index (χ1v) is 22.9. The average Bonchev–Trinajstić information content (AvgIpc) is 3.73. The summed E-state index contributed by atoms with van der Waals surface area (Å²) in [5, 5.41) is 10.8. The van der Waals surface area contributed by atoms with Gasteiger partial charge in [-0.15, -0.1) is 11.3 Å². The molecule has 1 aromatic heterocycles. The average molecular weight is 736 g/mol. The molecule has 1 nitrogen and oxygen atoms in total. The predicted octanol–water partition coefficient (Wildman–Crippen LogP) is 14.0. The van der Waals surface area contributed by atoms with Crippen LogP contribution in [0.5, 0.6) is 0 Å². The molecular formula is C52H37NSSi. The first-order valence-electron chi connectivity index (χ1n) is 19.1. The highest BCUT2D eigenvalue weighted by Gasteiger charge is 2.37. The molecule has 0 N–H and O–H groups in total. The molecule has 0 amide bonds. The molecule has 0 aliphatic carbocycles. The summed E-state index contributed by atoms with van der Waals surface area (Å²) >= 11 is 1.92. The molecule has 0 unspecified atom stereocenters. The molecular weight excluding hydrogens is 699 g/mol. The van der Waals surface area contributed by atoms with E-state index in [0.29, 0.717) is 0 Å². The van der Waals surface area contributed by atoms with Crippen molar-refractivity contribution in [1.82, 2.24) is 0 Å². The van der Waals surface area contributed by atoms with Crippen molar-refractivity contribution >= 4 is 88.6 Å². The third-order valence-corrected chi connectivity index (χ3v) is 16.6. The highest BCUT2D eigenvalue weighted by Crippen LogP contribution is 2.47. The fourth-order valence-corrected chi connectivity index (χ4v) is 13.4. The third kappa shape index (κ3) is 5.11. The Morgan fingerprint density at radius 1 is 0.400 bits per heavy atom. The molecule has 0 fully saturated rings. The lowest BCUT2D eigenvalue weighted by atomic mass is 9.94. The van der Waals surface area contributed by atoms with Crippen LogP contribution in [-0.2, 0) is 0 Å². The number of hydrogen-bond donors (Lipinski definition) is 0. The van der Waals surface area contributed by atoms with E-state index in [1.165, 1.54) is 80.3 Å². The Hall–Kier alpha value is -6.26. The van der Waals surface area contributed by atoms with Crippen LogP contribution in [-0.4, -0.2) is 8.07 Å². The topological polar surface area (TPSA) is 3.24 Å². The Labute approximate surface area is 326 Å². The molecule has 0 radical (unpaired) electrons. The zero-order chi connectivity index (χ0) is 36.7. The fraction of sp³-hybridized carbons (Fsp3) is 0.0385. The molecule has 0 saturated carbocycles. The largest absolute Gasteiger partial charge is 0.310 e. The maximum Gasteiger partial charge on any atom is 0.113 e. The Balaban J connectivity index is 1.09. The number of rotatable bonds is 5. The number of fused-ring (bicyclic) bond motifs is 9. The Bertz CT molecular complexity index is 3120. The van der Waals surface area contributed by atoms with Gasteiger partial charge in [0.2, 0.25) is 0 Å². The molecule has 10 aromatic rings. The van der Waals surface area contributed by atoms with E-state index in [1.807, 2.05) is 11.3 Å². The molecule has 11 rings (SSSR count). The zero-order valence-corrected chi connectivity index (χ0v) is 32.6. The molecule has 9 aromatic carbocycles.